The Morgan fingerprint density at radius 2 is 1.87 bits per heavy atom. The van der Waals surface area contributed by atoms with Crippen LogP contribution in [0.1, 0.15) is 27.7 Å². The Labute approximate surface area is 90.2 Å². The molecule has 0 bridgehead atoms. The highest BCUT2D eigenvalue weighted by atomic mass is 16.6. The molecule has 0 fully saturated rings. The number of carbonyl (C=O) groups is 2. The standard InChI is InChI=1S/C11H18O4/c1-5-6-10(12)15-9(4)11(13)14-7-8(2)3/h5-6,8-9H,7H2,1-4H3/b6-5+. The zero-order chi connectivity index (χ0) is 11.8. The molecule has 0 aromatic heterocycles. The zero-order valence-corrected chi connectivity index (χ0v) is 9.65. The highest BCUT2D eigenvalue weighted by Gasteiger charge is 2.18. The largest absolute Gasteiger partial charge is 0.463 e. The van der Waals surface area contributed by atoms with E-state index < -0.39 is 18.0 Å². The summed E-state index contributed by atoms with van der Waals surface area (Å²) in [6.45, 7) is 7.39. The third kappa shape index (κ3) is 6.71. The lowest BCUT2D eigenvalue weighted by Gasteiger charge is -2.12. The van der Waals surface area contributed by atoms with Crippen molar-refractivity contribution in [3.63, 3.8) is 0 Å². The van der Waals surface area contributed by atoms with E-state index in [9.17, 15) is 9.59 Å². The average molecular weight is 214 g/mol. The summed E-state index contributed by atoms with van der Waals surface area (Å²) in [5, 5.41) is 0. The molecule has 4 nitrogen and oxygen atoms in total. The lowest BCUT2D eigenvalue weighted by atomic mass is 10.2. The lowest BCUT2D eigenvalue weighted by molar-refractivity contribution is -0.164. The molecule has 0 rings (SSSR count). The number of carbonyl (C=O) groups excluding carboxylic acids is 2. The molecule has 0 spiro atoms. The summed E-state index contributed by atoms with van der Waals surface area (Å²) >= 11 is 0. The maximum Gasteiger partial charge on any atom is 0.347 e. The zero-order valence-electron chi connectivity index (χ0n) is 9.65. The molecule has 0 aromatic carbocycles. The molecule has 0 aromatic rings. The van der Waals surface area contributed by atoms with Crippen LogP contribution in [0.15, 0.2) is 12.2 Å². The fourth-order valence-corrected chi connectivity index (χ4v) is 0.764. The van der Waals surface area contributed by atoms with Crippen LogP contribution in [0.5, 0.6) is 0 Å². The average Bonchev–Trinajstić information content (AvgIpc) is 2.14. The second-order valence-electron chi connectivity index (χ2n) is 3.60. The number of esters is 2. The van der Waals surface area contributed by atoms with Crippen LogP contribution in [0.4, 0.5) is 0 Å². The predicted octanol–water partition coefficient (Wildman–Crippen LogP) is 1.69. The molecule has 0 aliphatic carbocycles. The SMILES string of the molecule is C/C=C/C(=O)OC(C)C(=O)OCC(C)C. The van der Waals surface area contributed by atoms with Crippen molar-refractivity contribution in [1.29, 1.82) is 0 Å². The summed E-state index contributed by atoms with van der Waals surface area (Å²) in [7, 11) is 0. The number of hydrogen-bond acceptors (Lipinski definition) is 4. The Morgan fingerprint density at radius 3 is 2.33 bits per heavy atom. The van der Waals surface area contributed by atoms with Crippen molar-refractivity contribution >= 4 is 11.9 Å². The Morgan fingerprint density at radius 1 is 1.27 bits per heavy atom. The molecule has 0 N–H and O–H groups in total. The van der Waals surface area contributed by atoms with Gasteiger partial charge < -0.3 is 9.47 Å². The fraction of sp³-hybridized carbons (Fsp3) is 0.636. The summed E-state index contributed by atoms with van der Waals surface area (Å²) in [5.41, 5.74) is 0. The van der Waals surface area contributed by atoms with Gasteiger partial charge in [0.15, 0.2) is 6.10 Å². The van der Waals surface area contributed by atoms with E-state index in [4.69, 9.17) is 9.47 Å². The van der Waals surface area contributed by atoms with Crippen LogP contribution in [-0.4, -0.2) is 24.6 Å². The quantitative estimate of drug-likeness (QED) is 0.516. The molecular weight excluding hydrogens is 196 g/mol. The smallest absolute Gasteiger partial charge is 0.347 e. The molecule has 1 atom stereocenters. The van der Waals surface area contributed by atoms with Gasteiger partial charge in [0.1, 0.15) is 0 Å². The lowest BCUT2D eigenvalue weighted by Crippen LogP contribution is -2.26. The first-order valence-corrected chi connectivity index (χ1v) is 4.97. The van der Waals surface area contributed by atoms with Gasteiger partial charge in [0, 0.05) is 6.08 Å². The van der Waals surface area contributed by atoms with Gasteiger partial charge in [-0.25, -0.2) is 9.59 Å². The maximum absolute atomic E-state index is 11.3. The normalized spacial score (nSPS) is 12.9. The Kier molecular flexibility index (Phi) is 6.42. The summed E-state index contributed by atoms with van der Waals surface area (Å²) in [4.78, 5) is 22.2. The van der Waals surface area contributed by atoms with E-state index in [-0.39, 0.29) is 5.92 Å². The molecule has 1 unspecified atom stereocenters. The second-order valence-corrected chi connectivity index (χ2v) is 3.60. The van der Waals surface area contributed by atoms with E-state index in [1.807, 2.05) is 13.8 Å². The van der Waals surface area contributed by atoms with Gasteiger partial charge in [-0.05, 0) is 19.8 Å². The van der Waals surface area contributed by atoms with Crippen molar-refractivity contribution in [3.8, 4) is 0 Å². The number of rotatable bonds is 5. The fourth-order valence-electron chi connectivity index (χ4n) is 0.764. The maximum atomic E-state index is 11.3. The Balaban J connectivity index is 3.93. The summed E-state index contributed by atoms with van der Waals surface area (Å²) in [6.07, 6.45) is 1.95. The van der Waals surface area contributed by atoms with Crippen molar-refractivity contribution in [2.45, 2.75) is 33.8 Å². The van der Waals surface area contributed by atoms with E-state index in [1.165, 1.54) is 13.0 Å². The molecule has 0 heterocycles. The van der Waals surface area contributed by atoms with Crippen molar-refractivity contribution in [3.05, 3.63) is 12.2 Å². The Hall–Kier alpha value is -1.32. The third-order valence-corrected chi connectivity index (χ3v) is 1.49. The van der Waals surface area contributed by atoms with Crippen LogP contribution in [0.25, 0.3) is 0 Å². The van der Waals surface area contributed by atoms with Crippen LogP contribution >= 0.6 is 0 Å². The van der Waals surface area contributed by atoms with E-state index in [0.29, 0.717) is 6.61 Å². The minimum absolute atomic E-state index is 0.271. The van der Waals surface area contributed by atoms with E-state index in [2.05, 4.69) is 0 Å². The van der Waals surface area contributed by atoms with Gasteiger partial charge in [-0.15, -0.1) is 0 Å². The molecule has 0 saturated heterocycles. The molecule has 0 aliphatic heterocycles. The number of ether oxygens (including phenoxy) is 2. The van der Waals surface area contributed by atoms with Crippen LogP contribution in [0.3, 0.4) is 0 Å². The van der Waals surface area contributed by atoms with Gasteiger partial charge in [0.2, 0.25) is 0 Å². The summed E-state index contributed by atoms with van der Waals surface area (Å²) in [6, 6.07) is 0. The highest BCUT2D eigenvalue weighted by Crippen LogP contribution is 1.99. The van der Waals surface area contributed by atoms with Crippen LogP contribution in [0.2, 0.25) is 0 Å². The summed E-state index contributed by atoms with van der Waals surface area (Å²) < 4.78 is 9.69. The monoisotopic (exact) mass is 214 g/mol. The van der Waals surface area contributed by atoms with Gasteiger partial charge in [-0.2, -0.15) is 0 Å². The van der Waals surface area contributed by atoms with E-state index in [0.717, 1.165) is 0 Å². The Bertz CT molecular complexity index is 243. The third-order valence-electron chi connectivity index (χ3n) is 1.49. The topological polar surface area (TPSA) is 52.6 Å². The van der Waals surface area contributed by atoms with Crippen molar-refractivity contribution in [2.24, 2.45) is 5.92 Å². The van der Waals surface area contributed by atoms with Gasteiger partial charge in [0.05, 0.1) is 6.61 Å². The number of hydrogen-bond donors (Lipinski definition) is 0. The van der Waals surface area contributed by atoms with Gasteiger partial charge >= 0.3 is 11.9 Å². The highest BCUT2D eigenvalue weighted by molar-refractivity contribution is 5.85. The molecule has 15 heavy (non-hydrogen) atoms. The predicted molar refractivity (Wildman–Crippen MR) is 56.2 cm³/mol. The molecule has 0 aliphatic rings. The van der Waals surface area contributed by atoms with Gasteiger partial charge in [0.25, 0.3) is 0 Å². The first-order valence-electron chi connectivity index (χ1n) is 4.97. The molecular formula is C11H18O4. The van der Waals surface area contributed by atoms with Crippen molar-refractivity contribution in [1.82, 2.24) is 0 Å². The van der Waals surface area contributed by atoms with Crippen LogP contribution in [0, 0.1) is 5.92 Å². The molecule has 0 radical (unpaired) electrons. The molecule has 86 valence electrons. The molecule has 4 heteroatoms. The van der Waals surface area contributed by atoms with Crippen LogP contribution in [-0.2, 0) is 19.1 Å². The first kappa shape index (κ1) is 13.7. The minimum Gasteiger partial charge on any atom is -0.463 e. The van der Waals surface area contributed by atoms with Crippen molar-refractivity contribution in [2.75, 3.05) is 6.61 Å². The first-order chi connectivity index (χ1) is 6.97. The van der Waals surface area contributed by atoms with Crippen molar-refractivity contribution < 1.29 is 19.1 Å². The second kappa shape index (κ2) is 7.04. The van der Waals surface area contributed by atoms with Gasteiger partial charge in [-0.3, -0.25) is 0 Å². The van der Waals surface area contributed by atoms with E-state index in [1.54, 1.807) is 13.0 Å². The number of allylic oxidation sites excluding steroid dienone is 1. The molecule has 0 amide bonds. The summed E-state index contributed by atoms with van der Waals surface area (Å²) in [5.74, 6) is -0.777. The van der Waals surface area contributed by atoms with Gasteiger partial charge in [-0.1, -0.05) is 19.9 Å². The van der Waals surface area contributed by atoms with E-state index >= 15 is 0 Å². The molecule has 0 saturated carbocycles. The van der Waals surface area contributed by atoms with Crippen LogP contribution < -0.4 is 0 Å². The minimum atomic E-state index is -0.854.